The molecule has 1 amide bonds. The highest BCUT2D eigenvalue weighted by Crippen LogP contribution is 2.24. The van der Waals surface area contributed by atoms with Gasteiger partial charge in [0, 0.05) is 25.8 Å². The molecule has 23 heavy (non-hydrogen) atoms. The van der Waals surface area contributed by atoms with E-state index in [9.17, 15) is 4.79 Å². The number of carbonyl (C=O) groups excluding carboxylic acids is 1. The molecular formula is C20H23NO2. The summed E-state index contributed by atoms with van der Waals surface area (Å²) >= 11 is 0. The van der Waals surface area contributed by atoms with E-state index in [1.807, 2.05) is 36.2 Å². The number of hydrogen-bond donors (Lipinski definition) is 0. The molecule has 1 aliphatic carbocycles. The maximum absolute atomic E-state index is 12.8. The van der Waals surface area contributed by atoms with E-state index >= 15 is 0 Å². The van der Waals surface area contributed by atoms with Crippen LogP contribution in [0.15, 0.2) is 48.5 Å². The molecule has 0 N–H and O–H groups in total. The van der Waals surface area contributed by atoms with Gasteiger partial charge in [-0.25, -0.2) is 0 Å². The summed E-state index contributed by atoms with van der Waals surface area (Å²) in [5, 5.41) is 0. The van der Waals surface area contributed by atoms with Gasteiger partial charge in [0.15, 0.2) is 0 Å². The Morgan fingerprint density at radius 3 is 2.74 bits per heavy atom. The SMILES string of the molecule is COCc1cccc(C(=O)N(C)[C@H]2CCc3ccccc3C2)c1. The Morgan fingerprint density at radius 1 is 1.17 bits per heavy atom. The number of hydrogen-bond acceptors (Lipinski definition) is 2. The number of methoxy groups -OCH3 is 1. The van der Waals surface area contributed by atoms with Crippen LogP contribution in [0.5, 0.6) is 0 Å². The van der Waals surface area contributed by atoms with E-state index in [0.717, 1.165) is 30.4 Å². The zero-order valence-corrected chi connectivity index (χ0v) is 13.8. The van der Waals surface area contributed by atoms with E-state index in [4.69, 9.17) is 4.74 Å². The van der Waals surface area contributed by atoms with E-state index < -0.39 is 0 Å². The van der Waals surface area contributed by atoms with Crippen molar-refractivity contribution in [1.29, 1.82) is 0 Å². The highest BCUT2D eigenvalue weighted by molar-refractivity contribution is 5.94. The number of carbonyl (C=O) groups is 1. The number of benzene rings is 2. The minimum atomic E-state index is 0.0901. The molecule has 0 spiro atoms. The number of likely N-dealkylation sites (N-methyl/N-ethyl adjacent to an activating group) is 1. The van der Waals surface area contributed by atoms with Gasteiger partial charge in [0.25, 0.3) is 5.91 Å². The molecule has 0 radical (unpaired) electrons. The fraction of sp³-hybridized carbons (Fsp3) is 0.350. The van der Waals surface area contributed by atoms with Crippen LogP contribution >= 0.6 is 0 Å². The van der Waals surface area contributed by atoms with Crippen molar-refractivity contribution in [1.82, 2.24) is 4.90 Å². The first-order chi connectivity index (χ1) is 11.2. The molecule has 0 heterocycles. The second kappa shape index (κ2) is 6.97. The summed E-state index contributed by atoms with van der Waals surface area (Å²) in [6.45, 7) is 0.529. The molecule has 3 rings (SSSR count). The summed E-state index contributed by atoms with van der Waals surface area (Å²) in [5.41, 5.74) is 4.56. The molecule has 3 heteroatoms. The van der Waals surface area contributed by atoms with E-state index in [1.54, 1.807) is 7.11 Å². The van der Waals surface area contributed by atoms with Crippen LogP contribution < -0.4 is 0 Å². The molecule has 0 bridgehead atoms. The van der Waals surface area contributed by atoms with E-state index in [1.165, 1.54) is 11.1 Å². The smallest absolute Gasteiger partial charge is 0.253 e. The molecule has 1 atom stereocenters. The molecular weight excluding hydrogens is 286 g/mol. The van der Waals surface area contributed by atoms with Gasteiger partial charge in [-0.15, -0.1) is 0 Å². The molecule has 0 aromatic heterocycles. The second-order valence-corrected chi connectivity index (χ2v) is 6.21. The Kier molecular flexibility index (Phi) is 4.77. The lowest BCUT2D eigenvalue weighted by molar-refractivity contribution is 0.0718. The Labute approximate surface area is 137 Å². The predicted octanol–water partition coefficient (Wildman–Crippen LogP) is 3.46. The van der Waals surface area contributed by atoms with Gasteiger partial charge in [0.05, 0.1) is 6.61 Å². The molecule has 2 aromatic carbocycles. The highest BCUT2D eigenvalue weighted by atomic mass is 16.5. The quantitative estimate of drug-likeness (QED) is 0.865. The van der Waals surface area contributed by atoms with Crippen molar-refractivity contribution < 1.29 is 9.53 Å². The van der Waals surface area contributed by atoms with Gasteiger partial charge in [-0.05, 0) is 48.1 Å². The number of nitrogens with zero attached hydrogens (tertiary/aromatic N) is 1. The minimum absolute atomic E-state index is 0.0901. The number of rotatable bonds is 4. The van der Waals surface area contributed by atoms with Gasteiger partial charge in [-0.2, -0.15) is 0 Å². The normalized spacial score (nSPS) is 16.7. The van der Waals surface area contributed by atoms with Crippen molar-refractivity contribution >= 4 is 5.91 Å². The van der Waals surface area contributed by atoms with E-state index in [-0.39, 0.29) is 11.9 Å². The zero-order chi connectivity index (χ0) is 16.2. The summed E-state index contributed by atoms with van der Waals surface area (Å²) in [6.07, 6.45) is 3.01. The van der Waals surface area contributed by atoms with Crippen molar-refractivity contribution in [3.05, 3.63) is 70.8 Å². The van der Waals surface area contributed by atoms with Crippen LogP contribution in [0.25, 0.3) is 0 Å². The monoisotopic (exact) mass is 309 g/mol. The fourth-order valence-corrected chi connectivity index (χ4v) is 3.34. The number of fused-ring (bicyclic) bond motifs is 1. The summed E-state index contributed by atoms with van der Waals surface area (Å²) in [4.78, 5) is 14.7. The second-order valence-electron chi connectivity index (χ2n) is 6.21. The van der Waals surface area contributed by atoms with E-state index in [0.29, 0.717) is 6.61 Å². The van der Waals surface area contributed by atoms with Gasteiger partial charge in [0.2, 0.25) is 0 Å². The molecule has 0 unspecified atom stereocenters. The third-order valence-electron chi connectivity index (χ3n) is 4.67. The average molecular weight is 309 g/mol. The first-order valence-corrected chi connectivity index (χ1v) is 8.11. The van der Waals surface area contributed by atoms with E-state index in [2.05, 4.69) is 24.3 Å². The predicted molar refractivity (Wildman–Crippen MR) is 91.5 cm³/mol. The first kappa shape index (κ1) is 15.8. The van der Waals surface area contributed by atoms with Gasteiger partial charge in [-0.1, -0.05) is 36.4 Å². The standard InChI is InChI=1S/C20H23NO2/c1-21(19-11-10-16-7-3-4-8-17(16)13-19)20(22)18-9-5-6-15(12-18)14-23-2/h3-9,12,19H,10-11,13-14H2,1-2H3/t19-/m0/s1. The van der Waals surface area contributed by atoms with Crippen LogP contribution in [0.3, 0.4) is 0 Å². The van der Waals surface area contributed by atoms with Crippen molar-refractivity contribution in [2.75, 3.05) is 14.2 Å². The number of aryl methyl sites for hydroxylation is 1. The highest BCUT2D eigenvalue weighted by Gasteiger charge is 2.25. The molecule has 0 fully saturated rings. The Bertz CT molecular complexity index is 696. The Morgan fingerprint density at radius 2 is 1.96 bits per heavy atom. The zero-order valence-electron chi connectivity index (χ0n) is 13.8. The third kappa shape index (κ3) is 3.45. The molecule has 3 nitrogen and oxygen atoms in total. The van der Waals surface area contributed by atoms with Crippen molar-refractivity contribution in [3.8, 4) is 0 Å². The van der Waals surface area contributed by atoms with Gasteiger partial charge >= 0.3 is 0 Å². The number of ether oxygens (including phenoxy) is 1. The lowest BCUT2D eigenvalue weighted by Crippen LogP contribution is -2.40. The van der Waals surface area contributed by atoms with Crippen LogP contribution in [0, 0.1) is 0 Å². The molecule has 120 valence electrons. The topological polar surface area (TPSA) is 29.5 Å². The lowest BCUT2D eigenvalue weighted by atomic mass is 9.87. The largest absolute Gasteiger partial charge is 0.380 e. The molecule has 1 aliphatic rings. The summed E-state index contributed by atoms with van der Waals surface area (Å²) in [6, 6.07) is 16.5. The summed E-state index contributed by atoms with van der Waals surface area (Å²) < 4.78 is 5.15. The fourth-order valence-electron chi connectivity index (χ4n) is 3.34. The Hall–Kier alpha value is -2.13. The third-order valence-corrected chi connectivity index (χ3v) is 4.67. The maximum atomic E-state index is 12.8. The van der Waals surface area contributed by atoms with Crippen LogP contribution in [0.4, 0.5) is 0 Å². The van der Waals surface area contributed by atoms with Crippen molar-refractivity contribution in [2.45, 2.75) is 31.9 Å². The number of amides is 1. The first-order valence-electron chi connectivity index (χ1n) is 8.11. The van der Waals surface area contributed by atoms with Gasteiger partial charge in [-0.3, -0.25) is 4.79 Å². The molecule has 0 aliphatic heterocycles. The Balaban J connectivity index is 1.74. The molecule has 0 saturated heterocycles. The molecule has 2 aromatic rings. The van der Waals surface area contributed by atoms with Crippen LogP contribution in [0.1, 0.15) is 33.5 Å². The minimum Gasteiger partial charge on any atom is -0.380 e. The summed E-state index contributed by atoms with van der Waals surface area (Å²) in [7, 11) is 3.59. The average Bonchev–Trinajstić information content (AvgIpc) is 2.60. The lowest BCUT2D eigenvalue weighted by Gasteiger charge is -2.32. The van der Waals surface area contributed by atoms with Crippen molar-refractivity contribution in [3.63, 3.8) is 0 Å². The van der Waals surface area contributed by atoms with Gasteiger partial charge in [0.1, 0.15) is 0 Å². The van der Waals surface area contributed by atoms with Crippen LogP contribution in [-0.4, -0.2) is 31.0 Å². The van der Waals surface area contributed by atoms with Gasteiger partial charge < -0.3 is 9.64 Å². The van der Waals surface area contributed by atoms with Crippen LogP contribution in [0.2, 0.25) is 0 Å². The van der Waals surface area contributed by atoms with Crippen LogP contribution in [-0.2, 0) is 24.2 Å². The van der Waals surface area contributed by atoms with Crippen molar-refractivity contribution in [2.24, 2.45) is 0 Å². The maximum Gasteiger partial charge on any atom is 0.253 e. The molecule has 0 saturated carbocycles. The summed E-state index contributed by atoms with van der Waals surface area (Å²) in [5.74, 6) is 0.0901.